The van der Waals surface area contributed by atoms with Gasteiger partial charge in [-0.2, -0.15) is 0 Å². The van der Waals surface area contributed by atoms with Crippen molar-refractivity contribution in [1.82, 2.24) is 4.98 Å². The summed E-state index contributed by atoms with van der Waals surface area (Å²) in [6.07, 6.45) is 1.21. The molecule has 0 aliphatic rings. The fourth-order valence-corrected chi connectivity index (χ4v) is 1.71. The molecular formula is C12H18N4O3. The van der Waals surface area contributed by atoms with Crippen molar-refractivity contribution in [2.24, 2.45) is 11.7 Å². The molecule has 1 aromatic rings. The molecular weight excluding hydrogens is 248 g/mol. The number of carbonyl (C=O) groups is 2. The van der Waals surface area contributed by atoms with Gasteiger partial charge < -0.3 is 21.5 Å². The largest absolute Gasteiger partial charge is 0.478 e. The van der Waals surface area contributed by atoms with E-state index in [2.05, 4.69) is 4.98 Å². The van der Waals surface area contributed by atoms with Crippen molar-refractivity contribution >= 4 is 23.4 Å². The monoisotopic (exact) mass is 266 g/mol. The van der Waals surface area contributed by atoms with Gasteiger partial charge in [0.2, 0.25) is 5.91 Å². The third-order valence-electron chi connectivity index (χ3n) is 2.37. The van der Waals surface area contributed by atoms with E-state index in [1.54, 1.807) is 4.90 Å². The van der Waals surface area contributed by atoms with Crippen LogP contribution in [-0.4, -0.2) is 35.1 Å². The van der Waals surface area contributed by atoms with Gasteiger partial charge in [0.25, 0.3) is 0 Å². The molecule has 1 aromatic heterocycles. The summed E-state index contributed by atoms with van der Waals surface area (Å²) in [7, 11) is 0. The lowest BCUT2D eigenvalue weighted by Gasteiger charge is -2.25. The van der Waals surface area contributed by atoms with Crippen LogP contribution in [0.4, 0.5) is 11.5 Å². The number of carbonyl (C=O) groups excluding carboxylic acids is 1. The molecule has 0 radical (unpaired) electrons. The predicted octanol–water partition coefficient (Wildman–Crippen LogP) is 0.310. The van der Waals surface area contributed by atoms with Gasteiger partial charge in [-0.1, -0.05) is 13.8 Å². The highest BCUT2D eigenvalue weighted by Gasteiger charge is 2.16. The molecule has 0 bridgehead atoms. The van der Waals surface area contributed by atoms with Crippen LogP contribution in [0.3, 0.4) is 0 Å². The number of aromatic carboxylic acids is 1. The Balaban J connectivity index is 3.07. The minimum atomic E-state index is -1.10. The standard InChI is InChI=1S/C12H18N4O3/c1-7(2)5-16(6-10(14)17)11-9(13)3-8(4-15-11)12(18)19/h3-4,7H,5-6,13H2,1-2H3,(H2,14,17)(H,18,19). The van der Waals surface area contributed by atoms with Gasteiger partial charge in [0.1, 0.15) is 0 Å². The van der Waals surface area contributed by atoms with Crippen molar-refractivity contribution in [2.45, 2.75) is 13.8 Å². The summed E-state index contributed by atoms with van der Waals surface area (Å²) in [5.74, 6) is -0.947. The van der Waals surface area contributed by atoms with Gasteiger partial charge in [-0.15, -0.1) is 0 Å². The van der Waals surface area contributed by atoms with E-state index >= 15 is 0 Å². The number of anilines is 2. The van der Waals surface area contributed by atoms with Crippen LogP contribution in [0.2, 0.25) is 0 Å². The Kier molecular flexibility index (Phi) is 4.68. The Morgan fingerprint density at radius 3 is 2.53 bits per heavy atom. The molecule has 0 spiro atoms. The Morgan fingerprint density at radius 1 is 1.47 bits per heavy atom. The fourth-order valence-electron chi connectivity index (χ4n) is 1.71. The molecule has 0 unspecified atom stereocenters. The molecule has 7 nitrogen and oxygen atoms in total. The highest BCUT2D eigenvalue weighted by Crippen LogP contribution is 2.22. The first-order valence-electron chi connectivity index (χ1n) is 5.83. The van der Waals surface area contributed by atoms with Crippen LogP contribution in [-0.2, 0) is 4.79 Å². The van der Waals surface area contributed by atoms with Gasteiger partial charge in [-0.25, -0.2) is 9.78 Å². The minimum Gasteiger partial charge on any atom is -0.478 e. The van der Waals surface area contributed by atoms with Crippen LogP contribution in [0.15, 0.2) is 12.3 Å². The quantitative estimate of drug-likeness (QED) is 0.681. The predicted molar refractivity (Wildman–Crippen MR) is 71.9 cm³/mol. The number of rotatable bonds is 6. The lowest BCUT2D eigenvalue weighted by atomic mass is 10.2. The van der Waals surface area contributed by atoms with E-state index in [1.807, 2.05) is 13.8 Å². The van der Waals surface area contributed by atoms with E-state index in [-0.39, 0.29) is 23.7 Å². The molecule has 0 fully saturated rings. The van der Waals surface area contributed by atoms with Gasteiger partial charge in [-0.05, 0) is 12.0 Å². The molecule has 0 aromatic carbocycles. The van der Waals surface area contributed by atoms with E-state index < -0.39 is 11.9 Å². The molecule has 1 heterocycles. The van der Waals surface area contributed by atoms with Crippen LogP contribution in [0, 0.1) is 5.92 Å². The second-order valence-corrected chi connectivity index (χ2v) is 4.68. The smallest absolute Gasteiger partial charge is 0.337 e. The zero-order valence-corrected chi connectivity index (χ0v) is 11.0. The van der Waals surface area contributed by atoms with Gasteiger partial charge in [-0.3, -0.25) is 4.79 Å². The minimum absolute atomic E-state index is 0.00446. The summed E-state index contributed by atoms with van der Waals surface area (Å²) in [5, 5.41) is 8.85. The van der Waals surface area contributed by atoms with Gasteiger partial charge in [0.05, 0.1) is 17.8 Å². The molecule has 104 valence electrons. The first-order chi connectivity index (χ1) is 8.81. The van der Waals surface area contributed by atoms with E-state index in [9.17, 15) is 9.59 Å². The van der Waals surface area contributed by atoms with Gasteiger partial charge >= 0.3 is 5.97 Å². The zero-order valence-electron chi connectivity index (χ0n) is 11.0. The number of hydrogen-bond donors (Lipinski definition) is 3. The summed E-state index contributed by atoms with van der Waals surface area (Å²) in [6.45, 7) is 4.50. The summed E-state index contributed by atoms with van der Waals surface area (Å²) in [4.78, 5) is 27.5. The second-order valence-electron chi connectivity index (χ2n) is 4.68. The molecule has 0 aliphatic carbocycles. The number of carboxylic acids is 1. The average molecular weight is 266 g/mol. The molecule has 19 heavy (non-hydrogen) atoms. The number of carboxylic acid groups (broad SMARTS) is 1. The Morgan fingerprint density at radius 2 is 2.11 bits per heavy atom. The average Bonchev–Trinajstić information content (AvgIpc) is 2.26. The van der Waals surface area contributed by atoms with Crippen molar-refractivity contribution in [2.75, 3.05) is 23.7 Å². The maximum atomic E-state index is 11.1. The van der Waals surface area contributed by atoms with Crippen molar-refractivity contribution in [3.8, 4) is 0 Å². The van der Waals surface area contributed by atoms with Gasteiger partial charge in [0.15, 0.2) is 5.82 Å². The highest BCUT2D eigenvalue weighted by atomic mass is 16.4. The number of aromatic nitrogens is 1. The van der Waals surface area contributed by atoms with Crippen molar-refractivity contribution < 1.29 is 14.7 Å². The van der Waals surface area contributed by atoms with Crippen LogP contribution >= 0.6 is 0 Å². The first kappa shape index (κ1) is 14.7. The molecule has 0 aliphatic heterocycles. The zero-order chi connectivity index (χ0) is 14.6. The summed E-state index contributed by atoms with van der Waals surface area (Å²) in [5.41, 5.74) is 11.2. The Bertz CT molecular complexity index is 488. The van der Waals surface area contributed by atoms with Crippen LogP contribution in [0.25, 0.3) is 0 Å². The number of nitrogens with zero attached hydrogens (tertiary/aromatic N) is 2. The number of amides is 1. The number of nitrogens with two attached hydrogens (primary N) is 2. The summed E-state index contributed by atoms with van der Waals surface area (Å²) in [6, 6.07) is 1.32. The fraction of sp³-hybridized carbons (Fsp3) is 0.417. The van der Waals surface area contributed by atoms with E-state index in [4.69, 9.17) is 16.6 Å². The lowest BCUT2D eigenvalue weighted by Crippen LogP contribution is -2.37. The maximum absolute atomic E-state index is 11.1. The number of primary amides is 1. The molecule has 1 amide bonds. The SMILES string of the molecule is CC(C)CN(CC(N)=O)c1ncc(C(=O)O)cc1N. The Labute approximate surface area is 111 Å². The van der Waals surface area contributed by atoms with Crippen LogP contribution in [0.1, 0.15) is 24.2 Å². The van der Waals surface area contributed by atoms with E-state index in [0.717, 1.165) is 0 Å². The number of hydrogen-bond acceptors (Lipinski definition) is 5. The molecule has 7 heteroatoms. The highest BCUT2D eigenvalue weighted by molar-refractivity contribution is 5.89. The van der Waals surface area contributed by atoms with Gasteiger partial charge in [0, 0.05) is 12.7 Å². The third-order valence-corrected chi connectivity index (χ3v) is 2.37. The topological polar surface area (TPSA) is 123 Å². The normalized spacial score (nSPS) is 10.5. The van der Waals surface area contributed by atoms with Crippen LogP contribution in [0.5, 0.6) is 0 Å². The maximum Gasteiger partial charge on any atom is 0.337 e. The second kappa shape index (κ2) is 6.03. The summed E-state index contributed by atoms with van der Waals surface area (Å²) < 4.78 is 0. The van der Waals surface area contributed by atoms with Crippen molar-refractivity contribution in [3.63, 3.8) is 0 Å². The first-order valence-corrected chi connectivity index (χ1v) is 5.83. The van der Waals surface area contributed by atoms with E-state index in [1.165, 1.54) is 12.3 Å². The number of pyridine rings is 1. The third kappa shape index (κ3) is 4.13. The molecule has 5 N–H and O–H groups in total. The van der Waals surface area contributed by atoms with E-state index in [0.29, 0.717) is 12.4 Å². The van der Waals surface area contributed by atoms with Crippen molar-refractivity contribution in [1.29, 1.82) is 0 Å². The van der Waals surface area contributed by atoms with Crippen LogP contribution < -0.4 is 16.4 Å². The van der Waals surface area contributed by atoms with Crippen molar-refractivity contribution in [3.05, 3.63) is 17.8 Å². The lowest BCUT2D eigenvalue weighted by molar-refractivity contribution is -0.116. The molecule has 0 saturated heterocycles. The Hall–Kier alpha value is -2.31. The molecule has 0 saturated carbocycles. The summed E-state index contributed by atoms with van der Waals surface area (Å²) >= 11 is 0. The molecule has 0 atom stereocenters. The molecule has 1 rings (SSSR count). The number of nitrogen functional groups attached to an aromatic ring is 1.